The zero-order valence-corrected chi connectivity index (χ0v) is 31.0. The molecule has 0 bridgehead atoms. The van der Waals surface area contributed by atoms with Crippen molar-refractivity contribution in [2.75, 3.05) is 33.2 Å². The fourth-order valence-corrected chi connectivity index (χ4v) is 4.30. The van der Waals surface area contributed by atoms with E-state index in [1.807, 2.05) is 36.4 Å². The van der Waals surface area contributed by atoms with Crippen molar-refractivity contribution >= 4 is 0 Å². The first kappa shape index (κ1) is 47.6. The van der Waals surface area contributed by atoms with Crippen LogP contribution in [0.3, 0.4) is 0 Å². The highest BCUT2D eigenvalue weighted by molar-refractivity contribution is 5.06. The molecule has 0 aromatic heterocycles. The van der Waals surface area contributed by atoms with E-state index in [4.69, 9.17) is 14.2 Å². The van der Waals surface area contributed by atoms with Gasteiger partial charge in [0.15, 0.2) is 11.6 Å². The van der Waals surface area contributed by atoms with Crippen molar-refractivity contribution in [2.24, 2.45) is 0 Å². The lowest BCUT2D eigenvalue weighted by Crippen LogP contribution is -2.11. The Hall–Kier alpha value is -4.44. The number of hydrogen-bond donors (Lipinski definition) is 0. The number of hydrogen-bond acceptors (Lipinski definition) is 3. The summed E-state index contributed by atoms with van der Waals surface area (Å²) in [6.07, 6.45) is 14.0. The molecule has 0 spiro atoms. The van der Waals surface area contributed by atoms with Crippen LogP contribution >= 0.6 is 0 Å². The summed E-state index contributed by atoms with van der Waals surface area (Å²) in [6, 6.07) is 37.5. The Morgan fingerprint density at radius 2 is 0.574 bits per heavy atom. The molecule has 9 heteroatoms. The first-order chi connectivity index (χ1) is 26.4. The van der Waals surface area contributed by atoms with E-state index >= 15 is 0 Å². The second-order valence-electron chi connectivity index (χ2n) is 11.7. The molecule has 0 N–H and O–H groups in total. The van der Waals surface area contributed by atoms with Gasteiger partial charge in [-0.05, 0) is 74.2 Å². The molecule has 54 heavy (non-hydrogen) atoms. The molecule has 1 saturated carbocycles. The molecule has 2 saturated heterocycles. The maximum Gasteiger partial charge on any atom is 0.158 e. The molecular formula is C45H54F6O3. The molecule has 0 unspecified atom stereocenters. The second-order valence-corrected chi connectivity index (χ2v) is 11.7. The minimum atomic E-state index is -0.799. The summed E-state index contributed by atoms with van der Waals surface area (Å²) in [5, 5.41) is 0. The third-order valence-electron chi connectivity index (χ3n) is 7.07. The van der Waals surface area contributed by atoms with Gasteiger partial charge in [0, 0.05) is 19.3 Å². The summed E-state index contributed by atoms with van der Waals surface area (Å²) >= 11 is 0. The summed E-state index contributed by atoms with van der Waals surface area (Å²) < 4.78 is 86.3. The maximum absolute atomic E-state index is 11.9. The molecule has 294 valence electrons. The normalized spacial score (nSPS) is 13.9. The van der Waals surface area contributed by atoms with Crippen LogP contribution in [0.2, 0.25) is 0 Å². The van der Waals surface area contributed by atoms with Gasteiger partial charge < -0.3 is 14.2 Å². The van der Waals surface area contributed by atoms with Crippen LogP contribution in [-0.4, -0.2) is 33.2 Å². The first-order valence-corrected chi connectivity index (χ1v) is 18.3. The lowest BCUT2D eigenvalue weighted by molar-refractivity contribution is -0.0963. The van der Waals surface area contributed by atoms with Crippen LogP contribution in [0.1, 0.15) is 64.2 Å². The number of halogens is 6. The minimum absolute atomic E-state index is 0.178. The van der Waals surface area contributed by atoms with Crippen molar-refractivity contribution in [3.8, 4) is 0 Å². The lowest BCUT2D eigenvalue weighted by Gasteiger charge is -2.09. The Balaban J connectivity index is 0.000000309. The number of rotatable bonds is 0. The van der Waals surface area contributed by atoms with Crippen molar-refractivity contribution in [1.82, 2.24) is 0 Å². The van der Waals surface area contributed by atoms with Gasteiger partial charge in [-0.15, -0.1) is 0 Å². The predicted molar refractivity (Wildman–Crippen MR) is 206 cm³/mol. The van der Waals surface area contributed by atoms with Gasteiger partial charge in [0.1, 0.15) is 30.1 Å². The van der Waals surface area contributed by atoms with Crippen LogP contribution in [0.15, 0.2) is 146 Å². The van der Waals surface area contributed by atoms with Gasteiger partial charge in [-0.1, -0.05) is 130 Å². The van der Waals surface area contributed by atoms with Gasteiger partial charge in [-0.2, -0.15) is 0 Å². The summed E-state index contributed by atoms with van der Waals surface area (Å²) in [7, 11) is 0. The molecule has 5 aromatic carbocycles. The smallest absolute Gasteiger partial charge is 0.158 e. The number of ether oxygens (including phenoxy) is 3. The molecule has 0 amide bonds. The van der Waals surface area contributed by atoms with Crippen LogP contribution < -0.4 is 0 Å². The van der Waals surface area contributed by atoms with Crippen molar-refractivity contribution in [1.29, 1.82) is 0 Å². The minimum Gasteiger partial charge on any atom is -0.381 e. The van der Waals surface area contributed by atoms with Gasteiger partial charge in [0.05, 0.1) is 13.2 Å². The first-order valence-electron chi connectivity index (χ1n) is 18.3. The molecule has 3 nitrogen and oxygen atoms in total. The summed E-state index contributed by atoms with van der Waals surface area (Å²) in [5.41, 5.74) is 0. The highest BCUT2D eigenvalue weighted by atomic mass is 19.2. The Bertz CT molecular complexity index is 1320. The highest BCUT2D eigenvalue weighted by Crippen LogP contribution is 2.15. The molecular weight excluding hydrogens is 702 g/mol. The summed E-state index contributed by atoms with van der Waals surface area (Å²) in [6.45, 7) is 4.25. The predicted octanol–water partition coefficient (Wildman–Crippen LogP) is 13.2. The van der Waals surface area contributed by atoms with E-state index in [9.17, 15) is 26.3 Å². The van der Waals surface area contributed by atoms with Crippen molar-refractivity contribution in [3.63, 3.8) is 0 Å². The SMILES string of the molecule is C1CCCCC1.C1CCOCC1.C1COCOC1.Fc1cccc(F)c1.Fc1ccccc1.Fc1ccccc1.Fc1ccccc1F.c1ccccc1. The topological polar surface area (TPSA) is 27.7 Å². The zero-order valence-electron chi connectivity index (χ0n) is 31.0. The highest BCUT2D eigenvalue weighted by Gasteiger charge is 1.97. The lowest BCUT2D eigenvalue weighted by atomic mass is 10.0. The standard InChI is InChI=1S/2C6H4F2.2C6H5F.C6H12.C6H6.C5H10O.C4H8O2/c7-5-2-1-3-6(8)4-5;7-5-3-1-2-4-6(5)8;2*7-6-4-2-1-3-5-6;3*1-2-4-6-5-3-1;1-2-5-4-6-3-1/h2*1-4H;2*1-5H;1-6H2;1-6H;1-5H2;1-4H2. The van der Waals surface area contributed by atoms with Crippen LogP contribution in [0, 0.1) is 34.9 Å². The van der Waals surface area contributed by atoms with E-state index in [1.54, 1.807) is 36.4 Å². The summed E-state index contributed by atoms with van der Waals surface area (Å²) in [5.74, 6) is -3.03. The van der Waals surface area contributed by atoms with Crippen LogP contribution in [-0.2, 0) is 14.2 Å². The molecule has 1 aliphatic carbocycles. The average molecular weight is 757 g/mol. The van der Waals surface area contributed by atoms with Gasteiger partial charge in [-0.25, -0.2) is 26.3 Å². The van der Waals surface area contributed by atoms with E-state index < -0.39 is 23.3 Å². The number of benzene rings is 5. The Morgan fingerprint density at radius 3 is 0.759 bits per heavy atom. The average Bonchev–Trinajstić information content (AvgIpc) is 3.24. The molecule has 2 aliphatic heterocycles. The molecule has 3 fully saturated rings. The third kappa shape index (κ3) is 32.2. The Kier molecular flexibility index (Phi) is 31.4. The van der Waals surface area contributed by atoms with E-state index in [0.29, 0.717) is 6.79 Å². The van der Waals surface area contributed by atoms with Crippen molar-refractivity contribution in [2.45, 2.75) is 64.2 Å². The monoisotopic (exact) mass is 756 g/mol. The molecule has 3 aliphatic rings. The molecule has 2 heterocycles. The van der Waals surface area contributed by atoms with E-state index in [0.717, 1.165) is 51.0 Å². The molecule has 5 aromatic rings. The van der Waals surface area contributed by atoms with Crippen molar-refractivity contribution in [3.05, 3.63) is 180 Å². The van der Waals surface area contributed by atoms with Gasteiger partial charge in [0.25, 0.3) is 0 Å². The quantitative estimate of drug-likeness (QED) is 0.147. The molecule has 0 atom stereocenters. The largest absolute Gasteiger partial charge is 0.381 e. The van der Waals surface area contributed by atoms with E-state index in [2.05, 4.69) is 0 Å². The zero-order chi connectivity index (χ0) is 39.2. The third-order valence-corrected chi connectivity index (χ3v) is 7.07. The van der Waals surface area contributed by atoms with Crippen LogP contribution in [0.25, 0.3) is 0 Å². The van der Waals surface area contributed by atoms with Gasteiger partial charge >= 0.3 is 0 Å². The van der Waals surface area contributed by atoms with Gasteiger partial charge in [-0.3, -0.25) is 0 Å². The van der Waals surface area contributed by atoms with E-state index in [-0.39, 0.29) is 11.6 Å². The Morgan fingerprint density at radius 1 is 0.278 bits per heavy atom. The van der Waals surface area contributed by atoms with Crippen LogP contribution in [0.5, 0.6) is 0 Å². The Labute approximate surface area is 317 Å². The van der Waals surface area contributed by atoms with Crippen LogP contribution in [0.4, 0.5) is 26.3 Å². The fourth-order valence-electron chi connectivity index (χ4n) is 4.30. The molecule has 8 rings (SSSR count). The van der Waals surface area contributed by atoms with Crippen molar-refractivity contribution < 1.29 is 40.6 Å². The van der Waals surface area contributed by atoms with Gasteiger partial charge in [0.2, 0.25) is 0 Å². The summed E-state index contributed by atoms with van der Waals surface area (Å²) in [4.78, 5) is 0. The molecule has 0 radical (unpaired) electrons. The fraction of sp³-hybridized carbons (Fsp3) is 0.333. The maximum atomic E-state index is 11.9. The van der Waals surface area contributed by atoms with E-state index in [1.165, 1.54) is 112 Å². The second kappa shape index (κ2) is 35.6.